The second-order valence-electron chi connectivity index (χ2n) is 6.30. The molecule has 0 aliphatic carbocycles. The molecule has 0 aromatic heterocycles. The molecule has 134 valence electrons. The topological polar surface area (TPSA) is 42.0 Å². The summed E-state index contributed by atoms with van der Waals surface area (Å²) < 4.78 is 23.9. The first-order valence-electron chi connectivity index (χ1n) is 8.34. The molecule has 1 saturated heterocycles. The summed E-state index contributed by atoms with van der Waals surface area (Å²) in [4.78, 5) is 16.9. The molecule has 5 nitrogen and oxygen atoms in total. The Hall–Kier alpha value is -2.34. The molecule has 1 atom stereocenters. The van der Waals surface area contributed by atoms with Gasteiger partial charge in [0.1, 0.15) is 17.3 Å². The molecule has 2 aliphatic heterocycles. The second kappa shape index (κ2) is 7.27. The average Bonchev–Trinajstić information content (AvgIpc) is 2.60. The number of hydrogen-bond acceptors (Lipinski definition) is 4. The van der Waals surface area contributed by atoms with Gasteiger partial charge in [-0.25, -0.2) is 4.39 Å². The molecule has 6 heteroatoms. The van der Waals surface area contributed by atoms with E-state index in [9.17, 15) is 9.18 Å². The van der Waals surface area contributed by atoms with E-state index in [2.05, 4.69) is 6.08 Å². The molecule has 0 radical (unpaired) electrons. The molecule has 0 saturated carbocycles. The van der Waals surface area contributed by atoms with Crippen molar-refractivity contribution >= 4 is 5.91 Å². The SMILES string of the molecule is COCC1=CC(C)C(OC)=C2C(=O)N(Cc3ccc(F)cc3)CCN12. The van der Waals surface area contributed by atoms with Crippen molar-refractivity contribution in [1.29, 1.82) is 0 Å². The molecule has 2 aliphatic rings. The van der Waals surface area contributed by atoms with Crippen LogP contribution in [0.25, 0.3) is 0 Å². The number of allylic oxidation sites excluding steroid dienone is 1. The van der Waals surface area contributed by atoms with Gasteiger partial charge >= 0.3 is 0 Å². The van der Waals surface area contributed by atoms with Crippen molar-refractivity contribution in [2.45, 2.75) is 13.5 Å². The molecule has 0 spiro atoms. The molecule has 1 aromatic rings. The van der Waals surface area contributed by atoms with Gasteiger partial charge in [0, 0.05) is 38.4 Å². The third-order valence-electron chi connectivity index (χ3n) is 4.59. The van der Waals surface area contributed by atoms with Crippen molar-refractivity contribution in [3.63, 3.8) is 0 Å². The van der Waals surface area contributed by atoms with E-state index in [0.717, 1.165) is 11.3 Å². The number of ether oxygens (including phenoxy) is 2. The molecule has 1 amide bonds. The summed E-state index contributed by atoms with van der Waals surface area (Å²) in [5.74, 6) is 0.338. The van der Waals surface area contributed by atoms with Crippen LogP contribution in [0.15, 0.2) is 47.5 Å². The average molecular weight is 346 g/mol. The van der Waals surface area contributed by atoms with E-state index in [4.69, 9.17) is 9.47 Å². The monoisotopic (exact) mass is 346 g/mol. The number of hydrogen-bond donors (Lipinski definition) is 0. The Bertz CT molecular complexity index is 712. The highest BCUT2D eigenvalue weighted by Gasteiger charge is 2.38. The minimum absolute atomic E-state index is 0.0103. The van der Waals surface area contributed by atoms with E-state index in [1.54, 1.807) is 31.3 Å². The van der Waals surface area contributed by atoms with Gasteiger partial charge in [0.05, 0.1) is 13.7 Å². The predicted octanol–water partition coefficient (Wildman–Crippen LogP) is 2.51. The van der Waals surface area contributed by atoms with Gasteiger partial charge in [0.25, 0.3) is 5.91 Å². The van der Waals surface area contributed by atoms with Gasteiger partial charge in [-0.2, -0.15) is 0 Å². The first kappa shape index (κ1) is 17.5. The number of fused-ring (bicyclic) bond motifs is 1. The van der Waals surface area contributed by atoms with Crippen molar-refractivity contribution in [3.8, 4) is 0 Å². The van der Waals surface area contributed by atoms with Gasteiger partial charge in [0.15, 0.2) is 0 Å². The third-order valence-corrected chi connectivity index (χ3v) is 4.59. The van der Waals surface area contributed by atoms with Crippen LogP contribution in [0.4, 0.5) is 4.39 Å². The maximum absolute atomic E-state index is 13.1. The first-order chi connectivity index (χ1) is 12.0. The highest BCUT2D eigenvalue weighted by atomic mass is 19.1. The molecular formula is C19H23FN2O3. The van der Waals surface area contributed by atoms with Crippen LogP contribution in [0.2, 0.25) is 0 Å². The van der Waals surface area contributed by atoms with Crippen LogP contribution in [0.1, 0.15) is 12.5 Å². The lowest BCUT2D eigenvalue weighted by molar-refractivity contribution is -0.132. The van der Waals surface area contributed by atoms with Gasteiger partial charge in [-0.05, 0) is 17.7 Å². The van der Waals surface area contributed by atoms with Gasteiger partial charge in [-0.1, -0.05) is 25.1 Å². The van der Waals surface area contributed by atoms with Crippen molar-refractivity contribution < 1.29 is 18.7 Å². The standard InChI is InChI=1S/C19H23FN2O3/c1-13-10-16(12-24-2)22-9-8-21(19(23)17(22)18(13)25-3)11-14-4-6-15(20)7-5-14/h4-7,10,13H,8-9,11-12H2,1-3H3. The number of carbonyl (C=O) groups is 1. The Labute approximate surface area is 147 Å². The molecule has 0 N–H and O–H groups in total. The number of halogens is 1. The number of amides is 1. The van der Waals surface area contributed by atoms with E-state index in [0.29, 0.717) is 37.7 Å². The molecule has 2 heterocycles. The third kappa shape index (κ3) is 3.39. The molecule has 25 heavy (non-hydrogen) atoms. The van der Waals surface area contributed by atoms with Crippen molar-refractivity contribution in [2.75, 3.05) is 33.9 Å². The molecular weight excluding hydrogens is 323 g/mol. The fourth-order valence-corrected chi connectivity index (χ4v) is 3.41. The fourth-order valence-electron chi connectivity index (χ4n) is 3.41. The molecule has 0 bridgehead atoms. The Morgan fingerprint density at radius 3 is 2.56 bits per heavy atom. The highest BCUT2D eigenvalue weighted by molar-refractivity contribution is 5.95. The van der Waals surface area contributed by atoms with E-state index in [1.165, 1.54) is 12.1 Å². The molecule has 1 fully saturated rings. The maximum atomic E-state index is 13.1. The van der Waals surface area contributed by atoms with Crippen LogP contribution in [-0.2, 0) is 20.8 Å². The van der Waals surface area contributed by atoms with Gasteiger partial charge in [-0.15, -0.1) is 0 Å². The van der Waals surface area contributed by atoms with E-state index < -0.39 is 0 Å². The van der Waals surface area contributed by atoms with Crippen LogP contribution in [-0.4, -0.2) is 49.6 Å². The number of benzene rings is 1. The second-order valence-corrected chi connectivity index (χ2v) is 6.30. The Morgan fingerprint density at radius 2 is 1.92 bits per heavy atom. The normalized spacial score (nSPS) is 20.6. The molecule has 1 aromatic carbocycles. The largest absolute Gasteiger partial charge is 0.498 e. The lowest BCUT2D eigenvalue weighted by Crippen LogP contribution is -2.50. The van der Waals surface area contributed by atoms with Crippen LogP contribution >= 0.6 is 0 Å². The summed E-state index contributed by atoms with van der Waals surface area (Å²) in [5, 5.41) is 0. The number of nitrogens with zero attached hydrogens (tertiary/aromatic N) is 2. The minimum Gasteiger partial charge on any atom is -0.498 e. The summed E-state index contributed by atoms with van der Waals surface area (Å²) in [6.07, 6.45) is 2.08. The smallest absolute Gasteiger partial charge is 0.274 e. The van der Waals surface area contributed by atoms with Crippen LogP contribution in [0.5, 0.6) is 0 Å². The number of methoxy groups -OCH3 is 2. The zero-order valence-electron chi connectivity index (χ0n) is 14.8. The quantitative estimate of drug-likeness (QED) is 0.822. The summed E-state index contributed by atoms with van der Waals surface area (Å²) in [5.41, 5.74) is 2.47. The van der Waals surface area contributed by atoms with Gasteiger partial charge in [0.2, 0.25) is 0 Å². The van der Waals surface area contributed by atoms with Crippen molar-refractivity contribution in [2.24, 2.45) is 5.92 Å². The molecule has 3 rings (SSSR count). The fraction of sp³-hybridized carbons (Fsp3) is 0.421. The number of piperazine rings is 1. The van der Waals surface area contributed by atoms with Crippen LogP contribution in [0.3, 0.4) is 0 Å². The maximum Gasteiger partial charge on any atom is 0.274 e. The van der Waals surface area contributed by atoms with Gasteiger partial charge < -0.3 is 19.3 Å². The van der Waals surface area contributed by atoms with E-state index >= 15 is 0 Å². The highest BCUT2D eigenvalue weighted by Crippen LogP contribution is 2.33. The lowest BCUT2D eigenvalue weighted by Gasteiger charge is -2.42. The zero-order chi connectivity index (χ0) is 18.0. The molecule has 1 unspecified atom stereocenters. The van der Waals surface area contributed by atoms with Crippen molar-refractivity contribution in [3.05, 3.63) is 58.9 Å². The minimum atomic E-state index is -0.278. The number of carbonyl (C=O) groups excluding carboxylic acids is 1. The summed E-state index contributed by atoms with van der Waals surface area (Å²) >= 11 is 0. The predicted molar refractivity (Wildman–Crippen MR) is 91.7 cm³/mol. The van der Waals surface area contributed by atoms with Crippen LogP contribution < -0.4 is 0 Å². The Balaban J connectivity index is 1.87. The lowest BCUT2D eigenvalue weighted by atomic mass is 9.98. The zero-order valence-corrected chi connectivity index (χ0v) is 14.8. The van der Waals surface area contributed by atoms with Crippen LogP contribution in [0, 0.1) is 11.7 Å². The van der Waals surface area contributed by atoms with E-state index in [-0.39, 0.29) is 17.6 Å². The van der Waals surface area contributed by atoms with E-state index in [1.807, 2.05) is 11.8 Å². The van der Waals surface area contributed by atoms with Crippen molar-refractivity contribution in [1.82, 2.24) is 9.80 Å². The number of rotatable bonds is 5. The Kier molecular flexibility index (Phi) is 5.08. The summed E-state index contributed by atoms with van der Waals surface area (Å²) in [7, 11) is 3.24. The summed E-state index contributed by atoms with van der Waals surface area (Å²) in [6, 6.07) is 6.25. The summed E-state index contributed by atoms with van der Waals surface area (Å²) in [6.45, 7) is 4.18. The van der Waals surface area contributed by atoms with Gasteiger partial charge in [-0.3, -0.25) is 4.79 Å². The Morgan fingerprint density at radius 1 is 1.20 bits per heavy atom. The first-order valence-corrected chi connectivity index (χ1v) is 8.34.